The van der Waals surface area contributed by atoms with Crippen molar-refractivity contribution in [3.63, 3.8) is 0 Å². The van der Waals surface area contributed by atoms with Crippen LogP contribution in [0.2, 0.25) is 0 Å². The van der Waals surface area contributed by atoms with Crippen LogP contribution in [0.15, 0.2) is 45.5 Å². The van der Waals surface area contributed by atoms with Gasteiger partial charge in [0.1, 0.15) is 16.4 Å². The van der Waals surface area contributed by atoms with Gasteiger partial charge in [-0.2, -0.15) is 0 Å². The highest BCUT2D eigenvalue weighted by molar-refractivity contribution is 8.18. The smallest absolute Gasteiger partial charge is 0.344 e. The Hall–Kier alpha value is -2.54. The third kappa shape index (κ3) is 5.04. The lowest BCUT2D eigenvalue weighted by atomic mass is 10.1. The lowest BCUT2D eigenvalue weighted by Crippen LogP contribution is -2.21. The van der Waals surface area contributed by atoms with Crippen LogP contribution >= 0.6 is 11.8 Å². The van der Waals surface area contributed by atoms with E-state index in [2.05, 4.69) is 23.7 Å². The van der Waals surface area contributed by atoms with Gasteiger partial charge in [-0.1, -0.05) is 30.8 Å². The maximum Gasteiger partial charge on any atom is 0.344 e. The normalized spacial score (nSPS) is 16.7. The van der Waals surface area contributed by atoms with Crippen molar-refractivity contribution in [2.75, 3.05) is 24.6 Å². The monoisotopic (exact) mass is 402 g/mol. The van der Waals surface area contributed by atoms with Crippen molar-refractivity contribution < 1.29 is 19.4 Å². The van der Waals surface area contributed by atoms with Crippen molar-refractivity contribution in [2.24, 2.45) is 4.99 Å². The summed E-state index contributed by atoms with van der Waals surface area (Å²) < 4.78 is 5.01. The van der Waals surface area contributed by atoms with Gasteiger partial charge in [0, 0.05) is 25.2 Å². The molecule has 0 fully saturated rings. The summed E-state index contributed by atoms with van der Waals surface area (Å²) in [5, 5.41) is 10.7. The largest absolute Gasteiger partial charge is 0.506 e. The van der Waals surface area contributed by atoms with Crippen LogP contribution < -0.4 is 4.90 Å². The Morgan fingerprint density at radius 1 is 1.14 bits per heavy atom. The Kier molecular flexibility index (Phi) is 7.87. The summed E-state index contributed by atoms with van der Waals surface area (Å²) in [5.41, 5.74) is 1.94. The van der Waals surface area contributed by atoms with Crippen LogP contribution in [0.4, 0.5) is 5.69 Å². The topological polar surface area (TPSA) is 79.2 Å². The standard InChI is InChI=1S/C21H26N2O4S/c1-5-17(24)22-20-18(21(26)27-8-4)19(25)16(28-20)13-14-9-11-15(12-10-14)23(6-2)7-3/h9-13,25H,5-8H2,1-4H3/b16-13-,22-20?. The quantitative estimate of drug-likeness (QED) is 0.684. The molecule has 0 atom stereocenters. The highest BCUT2D eigenvalue weighted by atomic mass is 32.2. The number of thioether (sulfide) groups is 1. The Morgan fingerprint density at radius 2 is 1.79 bits per heavy atom. The third-order valence-electron chi connectivity index (χ3n) is 4.22. The molecule has 1 aromatic rings. The summed E-state index contributed by atoms with van der Waals surface area (Å²) in [6.07, 6.45) is 1.98. The fraction of sp³-hybridized carbons (Fsp3) is 0.381. The van der Waals surface area contributed by atoms with Crippen molar-refractivity contribution in [3.8, 4) is 0 Å². The van der Waals surface area contributed by atoms with E-state index in [0.29, 0.717) is 4.91 Å². The number of aliphatic hydroxyl groups excluding tert-OH is 1. The average molecular weight is 403 g/mol. The molecule has 2 rings (SSSR count). The van der Waals surface area contributed by atoms with Gasteiger partial charge >= 0.3 is 5.97 Å². The zero-order chi connectivity index (χ0) is 20.7. The molecule has 0 bridgehead atoms. The number of aliphatic imine (C=N–C) groups is 1. The first kappa shape index (κ1) is 21.8. The number of hydrogen-bond acceptors (Lipinski definition) is 6. The maximum atomic E-state index is 12.2. The van der Waals surface area contributed by atoms with Crippen LogP contribution in [0.25, 0.3) is 6.08 Å². The summed E-state index contributed by atoms with van der Waals surface area (Å²) in [6.45, 7) is 9.59. The predicted molar refractivity (Wildman–Crippen MR) is 115 cm³/mol. The maximum absolute atomic E-state index is 12.2. The summed E-state index contributed by atoms with van der Waals surface area (Å²) in [6, 6.07) is 7.93. The first-order chi connectivity index (χ1) is 13.4. The molecule has 7 heteroatoms. The van der Waals surface area contributed by atoms with E-state index < -0.39 is 5.97 Å². The number of benzene rings is 1. The van der Waals surface area contributed by atoms with Crippen molar-refractivity contribution >= 4 is 40.4 Å². The molecule has 150 valence electrons. The fourth-order valence-corrected chi connectivity index (χ4v) is 3.74. The van der Waals surface area contributed by atoms with Crippen molar-refractivity contribution in [2.45, 2.75) is 34.1 Å². The predicted octanol–water partition coefficient (Wildman–Crippen LogP) is 4.33. The molecule has 0 radical (unpaired) electrons. The summed E-state index contributed by atoms with van der Waals surface area (Å²) in [4.78, 5) is 30.6. The third-order valence-corrected chi connectivity index (χ3v) is 5.24. The number of carbonyl (C=O) groups is 2. The van der Waals surface area contributed by atoms with Gasteiger partial charge in [-0.25, -0.2) is 9.79 Å². The van der Waals surface area contributed by atoms with E-state index in [4.69, 9.17) is 4.74 Å². The van der Waals surface area contributed by atoms with Crippen molar-refractivity contribution in [1.29, 1.82) is 0 Å². The van der Waals surface area contributed by atoms with Crippen LogP contribution in [0.5, 0.6) is 0 Å². The van der Waals surface area contributed by atoms with Gasteiger partial charge in [-0.3, -0.25) is 4.79 Å². The molecule has 1 N–H and O–H groups in total. The number of ether oxygens (including phenoxy) is 1. The van der Waals surface area contributed by atoms with E-state index in [1.54, 1.807) is 19.9 Å². The molecular weight excluding hydrogens is 376 g/mol. The minimum atomic E-state index is -0.685. The van der Waals surface area contributed by atoms with E-state index in [1.807, 2.05) is 24.3 Å². The molecule has 1 amide bonds. The van der Waals surface area contributed by atoms with Gasteiger partial charge in [0.15, 0.2) is 0 Å². The van der Waals surface area contributed by atoms with Crippen LogP contribution in [-0.4, -0.2) is 41.7 Å². The molecule has 0 aliphatic carbocycles. The molecule has 0 aromatic heterocycles. The molecule has 6 nitrogen and oxygen atoms in total. The minimum absolute atomic E-state index is 0.0559. The lowest BCUT2D eigenvalue weighted by molar-refractivity contribution is -0.138. The zero-order valence-electron chi connectivity index (χ0n) is 16.7. The molecule has 0 unspecified atom stereocenters. The van der Waals surface area contributed by atoms with Crippen molar-refractivity contribution in [3.05, 3.63) is 46.1 Å². The number of amides is 1. The van der Waals surface area contributed by atoms with Gasteiger partial charge in [-0.05, 0) is 44.5 Å². The van der Waals surface area contributed by atoms with E-state index in [0.717, 1.165) is 36.1 Å². The van der Waals surface area contributed by atoms with Gasteiger partial charge in [0.05, 0.1) is 11.5 Å². The average Bonchev–Trinajstić information content (AvgIpc) is 2.99. The Labute approximate surface area is 170 Å². The first-order valence-electron chi connectivity index (χ1n) is 9.42. The molecule has 1 aliphatic rings. The number of carbonyl (C=O) groups excluding carboxylic acids is 2. The molecule has 1 heterocycles. The second-order valence-corrected chi connectivity index (χ2v) is 7.01. The Bertz CT molecular complexity index is 821. The van der Waals surface area contributed by atoms with Crippen LogP contribution in [-0.2, 0) is 14.3 Å². The molecule has 28 heavy (non-hydrogen) atoms. The first-order valence-corrected chi connectivity index (χ1v) is 10.2. The van der Waals surface area contributed by atoms with E-state index in [1.165, 1.54) is 0 Å². The number of rotatable bonds is 7. The number of hydrogen-bond donors (Lipinski definition) is 1. The van der Waals surface area contributed by atoms with Crippen LogP contribution in [0, 0.1) is 0 Å². The van der Waals surface area contributed by atoms with Crippen molar-refractivity contribution in [1.82, 2.24) is 0 Å². The second kappa shape index (κ2) is 10.1. The molecule has 0 spiro atoms. The van der Waals surface area contributed by atoms with Gasteiger partial charge in [-0.15, -0.1) is 0 Å². The molecule has 1 aliphatic heterocycles. The SMILES string of the molecule is CCOC(=O)C1=C(O)/C(=C/c2ccc(N(CC)CC)cc2)SC1=NC(=O)CC. The lowest BCUT2D eigenvalue weighted by Gasteiger charge is -2.20. The Morgan fingerprint density at radius 3 is 2.32 bits per heavy atom. The number of esters is 1. The molecule has 0 saturated heterocycles. The van der Waals surface area contributed by atoms with Gasteiger partial charge in [0.25, 0.3) is 0 Å². The number of anilines is 1. The van der Waals surface area contributed by atoms with Crippen LogP contribution in [0.3, 0.4) is 0 Å². The molecular formula is C21H26N2O4S. The number of aliphatic hydroxyl groups is 1. The second-order valence-electron chi connectivity index (χ2n) is 5.98. The number of nitrogens with zero attached hydrogens (tertiary/aromatic N) is 2. The van der Waals surface area contributed by atoms with E-state index >= 15 is 0 Å². The van der Waals surface area contributed by atoms with Gasteiger partial charge in [0.2, 0.25) is 5.91 Å². The highest BCUT2D eigenvalue weighted by Crippen LogP contribution is 2.39. The summed E-state index contributed by atoms with van der Waals surface area (Å²) in [7, 11) is 0. The fourth-order valence-electron chi connectivity index (χ4n) is 2.71. The zero-order valence-corrected chi connectivity index (χ0v) is 17.5. The Balaban J connectivity index is 2.38. The summed E-state index contributed by atoms with van der Waals surface area (Å²) in [5.74, 6) is -1.25. The minimum Gasteiger partial charge on any atom is -0.506 e. The van der Waals surface area contributed by atoms with E-state index in [9.17, 15) is 14.7 Å². The van der Waals surface area contributed by atoms with Gasteiger partial charge < -0.3 is 14.7 Å². The molecule has 1 aromatic carbocycles. The summed E-state index contributed by atoms with van der Waals surface area (Å²) >= 11 is 1.09. The highest BCUT2D eigenvalue weighted by Gasteiger charge is 2.33. The molecule has 0 saturated carbocycles. The van der Waals surface area contributed by atoms with Crippen LogP contribution in [0.1, 0.15) is 39.7 Å². The van der Waals surface area contributed by atoms with E-state index in [-0.39, 0.29) is 35.3 Å².